The monoisotopic (exact) mass is 240 g/mol. The molecule has 64 valence electrons. The van der Waals surface area contributed by atoms with Crippen molar-refractivity contribution < 1.29 is 17.6 Å². The molecule has 0 aliphatic heterocycles. The van der Waals surface area contributed by atoms with Gasteiger partial charge in [0.2, 0.25) is 0 Å². The Kier molecular flexibility index (Phi) is 6.33. The van der Waals surface area contributed by atoms with E-state index in [0.29, 0.717) is 0 Å². The third kappa shape index (κ3) is 712. The predicted molar refractivity (Wildman–Crippen MR) is 33.3 cm³/mol. The van der Waals surface area contributed by atoms with Gasteiger partial charge in [-0.1, -0.05) is 0 Å². The molecule has 0 spiro atoms. The van der Waals surface area contributed by atoms with Gasteiger partial charge < -0.3 is 0 Å². The molecule has 0 aromatic carbocycles. The van der Waals surface area contributed by atoms with Gasteiger partial charge in [-0.3, -0.25) is 0 Å². The van der Waals surface area contributed by atoms with Crippen LogP contribution in [0.15, 0.2) is 0 Å². The summed E-state index contributed by atoms with van der Waals surface area (Å²) in [5.74, 6) is 0. The summed E-state index contributed by atoms with van der Waals surface area (Å²) in [7, 11) is 0. The molecule has 0 fully saturated rings. The predicted octanol–water partition coefficient (Wildman–Crippen LogP) is 4.03. The van der Waals surface area contributed by atoms with Crippen molar-refractivity contribution in [1.29, 1.82) is 0 Å². The SMILES string of the molecule is FC(Cl)(Cl)Cl.FC(F)(F)Cl. The molecule has 0 nitrogen and oxygen atoms in total. The molecular formula is C2Cl4F4. The molecule has 10 heavy (non-hydrogen) atoms. The lowest BCUT2D eigenvalue weighted by atomic mass is 11.6. The van der Waals surface area contributed by atoms with Gasteiger partial charge in [0.15, 0.2) is 0 Å². The lowest BCUT2D eigenvalue weighted by Crippen LogP contribution is -1.89. The number of halogens is 8. The third-order valence-corrected chi connectivity index (χ3v) is 0. The molecule has 0 rings (SSSR count). The van der Waals surface area contributed by atoms with Crippen LogP contribution in [0.1, 0.15) is 0 Å². The van der Waals surface area contributed by atoms with E-state index >= 15 is 0 Å². The van der Waals surface area contributed by atoms with Crippen molar-refractivity contribution >= 4 is 46.4 Å². The second-order valence-electron chi connectivity index (χ2n) is 0.857. The molecule has 0 unspecified atom stereocenters. The Hall–Kier alpha value is 0.880. The molecule has 0 N–H and O–H groups in total. The van der Waals surface area contributed by atoms with Crippen LogP contribution < -0.4 is 0 Å². The van der Waals surface area contributed by atoms with Crippen LogP contribution in [0.3, 0.4) is 0 Å². The minimum atomic E-state index is -4.53. The standard InChI is InChI=1S/CCl3F.CClF3/c2*2-1(3,4)5. The van der Waals surface area contributed by atoms with E-state index in [9.17, 15) is 17.6 Å². The van der Waals surface area contributed by atoms with Crippen LogP contribution in [-0.2, 0) is 0 Å². The van der Waals surface area contributed by atoms with Crippen LogP contribution in [0.2, 0.25) is 0 Å². The Morgan fingerprint density at radius 2 is 0.700 bits per heavy atom. The van der Waals surface area contributed by atoms with E-state index in [0.717, 1.165) is 0 Å². The molecule has 0 aliphatic rings. The number of hydrogen-bond donors (Lipinski definition) is 0. The number of hydrogen-bond acceptors (Lipinski definition) is 0. The van der Waals surface area contributed by atoms with E-state index in [1.165, 1.54) is 0 Å². The Morgan fingerprint density at radius 3 is 0.700 bits per heavy atom. The third-order valence-electron chi connectivity index (χ3n) is 0. The van der Waals surface area contributed by atoms with Crippen molar-refractivity contribution in [3.8, 4) is 0 Å². The fourth-order valence-electron chi connectivity index (χ4n) is 0. The summed E-state index contributed by atoms with van der Waals surface area (Å²) < 4.78 is 38.8. The first-order valence-corrected chi connectivity index (χ1v) is 3.02. The molecule has 0 heterocycles. The van der Waals surface area contributed by atoms with Crippen LogP contribution in [0.5, 0.6) is 0 Å². The normalized spacial score (nSPS) is 12.0. The summed E-state index contributed by atoms with van der Waals surface area (Å²) in [5.41, 5.74) is -4.53. The van der Waals surface area contributed by atoms with Gasteiger partial charge in [0.25, 0.3) is 0 Å². The summed E-state index contributed by atoms with van der Waals surface area (Å²) >= 11 is 16.7. The zero-order valence-electron chi connectivity index (χ0n) is 4.02. The van der Waals surface area contributed by atoms with Gasteiger partial charge >= 0.3 is 9.68 Å². The fourth-order valence-corrected chi connectivity index (χ4v) is 0. The number of alkyl halides is 8. The summed E-state index contributed by atoms with van der Waals surface area (Å²) in [6.07, 6.45) is 0. The summed E-state index contributed by atoms with van der Waals surface area (Å²) in [6, 6.07) is 0. The molecule has 0 aromatic rings. The van der Waals surface area contributed by atoms with Gasteiger partial charge in [0, 0.05) is 0 Å². The van der Waals surface area contributed by atoms with Crippen molar-refractivity contribution in [2.45, 2.75) is 9.68 Å². The summed E-state index contributed by atoms with van der Waals surface area (Å²) in [5, 5.41) is 0. The molecule has 0 aromatic heterocycles. The van der Waals surface area contributed by atoms with Gasteiger partial charge in [-0.2, -0.15) is 17.6 Å². The topological polar surface area (TPSA) is 0 Å². The molecule has 8 heteroatoms. The Bertz CT molecular complexity index is 58.2. The van der Waals surface area contributed by atoms with Gasteiger partial charge in [0.1, 0.15) is 0 Å². The van der Waals surface area contributed by atoms with Crippen molar-refractivity contribution in [3.05, 3.63) is 0 Å². The highest BCUT2D eigenvalue weighted by molar-refractivity contribution is 6.66. The van der Waals surface area contributed by atoms with Crippen LogP contribution in [0.25, 0.3) is 0 Å². The van der Waals surface area contributed by atoms with Crippen molar-refractivity contribution in [3.63, 3.8) is 0 Å². The Balaban J connectivity index is 0. The average Bonchev–Trinajstić information content (AvgIpc) is 1.12. The van der Waals surface area contributed by atoms with E-state index in [1.807, 2.05) is 0 Å². The van der Waals surface area contributed by atoms with Crippen LogP contribution in [-0.4, -0.2) is 9.68 Å². The van der Waals surface area contributed by atoms with Gasteiger partial charge in [0.05, 0.1) is 0 Å². The Labute approximate surface area is 74.0 Å². The van der Waals surface area contributed by atoms with E-state index in [4.69, 9.17) is 0 Å². The molecule has 0 saturated carbocycles. The molecular weight excluding hydrogens is 242 g/mol. The molecule has 0 radical (unpaired) electrons. The maximum Gasteiger partial charge on any atom is 0.475 e. The maximum atomic E-state index is 11.0. The molecule has 0 aliphatic carbocycles. The second kappa shape index (κ2) is 4.70. The van der Waals surface area contributed by atoms with E-state index in [2.05, 4.69) is 46.4 Å². The highest BCUT2D eigenvalue weighted by atomic mass is 35.6. The highest BCUT2D eigenvalue weighted by Crippen LogP contribution is 2.26. The average molecular weight is 242 g/mol. The highest BCUT2D eigenvalue weighted by Gasteiger charge is 2.20. The van der Waals surface area contributed by atoms with Crippen LogP contribution in [0, 0.1) is 0 Å². The molecule has 0 saturated heterocycles. The smallest absolute Gasteiger partial charge is 0.189 e. The van der Waals surface area contributed by atoms with E-state index < -0.39 is 9.68 Å². The molecule has 0 atom stereocenters. The lowest BCUT2D eigenvalue weighted by molar-refractivity contribution is -0.0420. The maximum absolute atomic E-state index is 11.0. The first-order valence-electron chi connectivity index (χ1n) is 1.51. The minimum Gasteiger partial charge on any atom is -0.189 e. The van der Waals surface area contributed by atoms with Gasteiger partial charge in [-0.15, -0.1) is 0 Å². The van der Waals surface area contributed by atoms with Gasteiger partial charge in [-0.25, -0.2) is 0 Å². The summed E-state index contributed by atoms with van der Waals surface area (Å²) in [6.45, 7) is 0. The summed E-state index contributed by atoms with van der Waals surface area (Å²) in [4.78, 5) is 0. The molecule has 0 bridgehead atoms. The fraction of sp³-hybridized carbons (Fsp3) is 1.00. The van der Waals surface area contributed by atoms with Crippen LogP contribution >= 0.6 is 46.4 Å². The first kappa shape index (κ1) is 13.5. The second-order valence-corrected chi connectivity index (χ2v) is 3.43. The van der Waals surface area contributed by atoms with Crippen molar-refractivity contribution in [1.82, 2.24) is 0 Å². The zero-order chi connectivity index (χ0) is 9.00. The van der Waals surface area contributed by atoms with E-state index in [1.54, 1.807) is 0 Å². The molecule has 0 amide bonds. The number of rotatable bonds is 0. The van der Waals surface area contributed by atoms with Crippen LogP contribution in [0.4, 0.5) is 17.6 Å². The van der Waals surface area contributed by atoms with Crippen molar-refractivity contribution in [2.75, 3.05) is 0 Å². The minimum absolute atomic E-state index is 2.58. The largest absolute Gasteiger partial charge is 0.475 e. The Morgan fingerprint density at radius 1 is 0.700 bits per heavy atom. The van der Waals surface area contributed by atoms with Crippen molar-refractivity contribution in [2.24, 2.45) is 0 Å². The quantitative estimate of drug-likeness (QED) is 0.444. The lowest BCUT2D eigenvalue weighted by Gasteiger charge is -1.89. The zero-order valence-corrected chi connectivity index (χ0v) is 7.05. The van der Waals surface area contributed by atoms with E-state index in [-0.39, 0.29) is 0 Å². The first-order chi connectivity index (χ1) is 4.00. The van der Waals surface area contributed by atoms with Gasteiger partial charge in [-0.05, 0) is 46.4 Å².